The number of rotatable bonds is 4. The van der Waals surface area contributed by atoms with E-state index in [2.05, 4.69) is 18.2 Å². The quantitative estimate of drug-likeness (QED) is 0.484. The predicted molar refractivity (Wildman–Crippen MR) is 115 cm³/mol. The molecule has 0 radical (unpaired) electrons. The van der Waals surface area contributed by atoms with Gasteiger partial charge in [-0.25, -0.2) is 0 Å². The number of alkyl halides is 2. The summed E-state index contributed by atoms with van der Waals surface area (Å²) in [7, 11) is 3.23. The monoisotopic (exact) mass is 426 g/mol. The third kappa shape index (κ3) is 2.50. The highest BCUT2D eigenvalue weighted by Crippen LogP contribution is 2.77. The van der Waals surface area contributed by atoms with Crippen LogP contribution in [0.5, 0.6) is 17.2 Å². The molecule has 0 saturated heterocycles. The maximum absolute atomic E-state index is 6.98. The minimum Gasteiger partial charge on any atom is -0.493 e. The van der Waals surface area contributed by atoms with Crippen molar-refractivity contribution in [3.8, 4) is 17.2 Å². The molecule has 3 atom stereocenters. The minimum atomic E-state index is -1.09. The fourth-order valence-electron chi connectivity index (χ4n) is 4.70. The molecule has 5 heteroatoms. The summed E-state index contributed by atoms with van der Waals surface area (Å²) in [4.78, 5) is 0. The fourth-order valence-corrected chi connectivity index (χ4v) is 5.68. The fraction of sp³-hybridized carbons (Fsp3) is 0.250. The number of halogens is 2. The van der Waals surface area contributed by atoms with E-state index in [1.165, 1.54) is 5.56 Å². The molecule has 3 aromatic rings. The van der Waals surface area contributed by atoms with E-state index >= 15 is 0 Å². The maximum Gasteiger partial charge on any atom is 0.174 e. The first-order chi connectivity index (χ1) is 14.0. The minimum absolute atomic E-state index is 0.0178. The summed E-state index contributed by atoms with van der Waals surface area (Å²) in [6, 6.07) is 24.1. The molecule has 148 valence electrons. The van der Waals surface area contributed by atoms with E-state index in [1.807, 2.05) is 54.6 Å². The lowest BCUT2D eigenvalue weighted by Crippen LogP contribution is -2.28. The number of hydrogen-bond donors (Lipinski definition) is 0. The first-order valence-corrected chi connectivity index (χ1v) is 10.2. The van der Waals surface area contributed by atoms with Crippen LogP contribution in [-0.4, -0.2) is 18.6 Å². The highest BCUT2D eigenvalue weighted by Gasteiger charge is 2.83. The van der Waals surface area contributed by atoms with Crippen LogP contribution < -0.4 is 14.2 Å². The Bertz CT molecular complexity index is 1070. The zero-order valence-electron chi connectivity index (χ0n) is 16.1. The molecule has 0 aromatic heterocycles. The van der Waals surface area contributed by atoms with Crippen LogP contribution >= 0.6 is 23.2 Å². The Morgan fingerprint density at radius 3 is 2.24 bits per heavy atom. The highest BCUT2D eigenvalue weighted by molar-refractivity contribution is 6.52. The van der Waals surface area contributed by atoms with Crippen LogP contribution in [-0.2, 0) is 5.60 Å². The highest BCUT2D eigenvalue weighted by atomic mass is 35.5. The van der Waals surface area contributed by atoms with Gasteiger partial charge >= 0.3 is 0 Å². The Morgan fingerprint density at radius 1 is 0.828 bits per heavy atom. The first-order valence-electron chi connectivity index (χ1n) is 9.48. The summed E-state index contributed by atoms with van der Waals surface area (Å²) in [5, 5.41) is 0. The van der Waals surface area contributed by atoms with E-state index in [0.29, 0.717) is 11.5 Å². The van der Waals surface area contributed by atoms with Gasteiger partial charge < -0.3 is 14.2 Å². The van der Waals surface area contributed by atoms with Crippen molar-refractivity contribution < 1.29 is 14.2 Å². The Labute approximate surface area is 180 Å². The van der Waals surface area contributed by atoms with E-state index in [1.54, 1.807) is 14.2 Å². The summed E-state index contributed by atoms with van der Waals surface area (Å²) in [6.45, 7) is 0. The molecule has 0 N–H and O–H groups in total. The van der Waals surface area contributed by atoms with Crippen LogP contribution in [0.3, 0.4) is 0 Å². The van der Waals surface area contributed by atoms with E-state index in [4.69, 9.17) is 37.4 Å². The van der Waals surface area contributed by atoms with Gasteiger partial charge in [-0.2, -0.15) is 0 Å². The summed E-state index contributed by atoms with van der Waals surface area (Å²) < 4.78 is 16.4. The molecular weight excluding hydrogens is 407 g/mol. The van der Waals surface area contributed by atoms with E-state index in [9.17, 15) is 0 Å². The molecule has 1 aliphatic heterocycles. The number of benzene rings is 3. The number of ether oxygens (including phenoxy) is 3. The van der Waals surface area contributed by atoms with Crippen LogP contribution in [0.4, 0.5) is 0 Å². The summed E-state index contributed by atoms with van der Waals surface area (Å²) >= 11 is 14.0. The second-order valence-electron chi connectivity index (χ2n) is 7.43. The van der Waals surface area contributed by atoms with Gasteiger partial charge in [-0.1, -0.05) is 77.8 Å². The van der Waals surface area contributed by atoms with Gasteiger partial charge in [0.25, 0.3) is 0 Å². The van der Waals surface area contributed by atoms with Crippen molar-refractivity contribution in [2.75, 3.05) is 14.2 Å². The molecule has 2 aliphatic rings. The van der Waals surface area contributed by atoms with Crippen molar-refractivity contribution in [3.05, 3.63) is 89.5 Å². The van der Waals surface area contributed by atoms with Crippen LogP contribution in [0.2, 0.25) is 0 Å². The van der Waals surface area contributed by atoms with Gasteiger partial charge in [-0.3, -0.25) is 0 Å². The Balaban J connectivity index is 1.71. The van der Waals surface area contributed by atoms with Gasteiger partial charge in [0.1, 0.15) is 5.75 Å². The predicted octanol–water partition coefficient (Wildman–Crippen LogP) is 5.93. The number of methoxy groups -OCH3 is 2. The molecule has 3 nitrogen and oxygen atoms in total. The van der Waals surface area contributed by atoms with Crippen LogP contribution in [0.1, 0.15) is 22.6 Å². The van der Waals surface area contributed by atoms with Crippen molar-refractivity contribution in [1.29, 1.82) is 0 Å². The molecule has 3 aromatic carbocycles. The maximum atomic E-state index is 6.98. The van der Waals surface area contributed by atoms with Gasteiger partial charge in [0, 0.05) is 17.0 Å². The average molecular weight is 427 g/mol. The molecule has 1 aliphatic carbocycles. The van der Waals surface area contributed by atoms with Gasteiger partial charge in [0.05, 0.1) is 20.1 Å². The van der Waals surface area contributed by atoms with Crippen molar-refractivity contribution in [2.24, 2.45) is 5.92 Å². The SMILES string of the molecule is COc1ccc([C@@]23Oc4ccccc4[C@@H](c4ccccc4)[C@@H]2C3(Cl)Cl)cc1OC. The van der Waals surface area contributed by atoms with Crippen molar-refractivity contribution in [2.45, 2.75) is 15.9 Å². The lowest BCUT2D eigenvalue weighted by molar-refractivity contribution is 0.137. The average Bonchev–Trinajstić information content (AvgIpc) is 3.27. The topological polar surface area (TPSA) is 27.7 Å². The molecule has 0 amide bonds. The Hall–Kier alpha value is -2.36. The second kappa shape index (κ2) is 6.58. The molecule has 5 rings (SSSR count). The number of para-hydroxylation sites is 1. The van der Waals surface area contributed by atoms with E-state index in [0.717, 1.165) is 16.9 Å². The second-order valence-corrected chi connectivity index (χ2v) is 8.82. The van der Waals surface area contributed by atoms with Gasteiger partial charge in [-0.05, 0) is 23.8 Å². The number of hydrogen-bond acceptors (Lipinski definition) is 3. The largest absolute Gasteiger partial charge is 0.493 e. The first kappa shape index (κ1) is 18.7. The zero-order chi connectivity index (χ0) is 20.2. The zero-order valence-corrected chi connectivity index (χ0v) is 17.6. The molecule has 1 heterocycles. The summed E-state index contributed by atoms with van der Waals surface area (Å²) in [5.41, 5.74) is 2.27. The summed E-state index contributed by atoms with van der Waals surface area (Å²) in [5.74, 6) is 1.94. The smallest absolute Gasteiger partial charge is 0.174 e. The van der Waals surface area contributed by atoms with Crippen molar-refractivity contribution in [1.82, 2.24) is 0 Å². The third-order valence-corrected chi connectivity index (χ3v) is 7.10. The van der Waals surface area contributed by atoms with Gasteiger partial charge in [0.15, 0.2) is 21.4 Å². The van der Waals surface area contributed by atoms with Crippen molar-refractivity contribution >= 4 is 23.2 Å². The summed E-state index contributed by atoms with van der Waals surface area (Å²) in [6.07, 6.45) is 0. The van der Waals surface area contributed by atoms with Crippen molar-refractivity contribution in [3.63, 3.8) is 0 Å². The van der Waals surface area contributed by atoms with Crippen LogP contribution in [0, 0.1) is 5.92 Å². The molecule has 0 spiro atoms. The van der Waals surface area contributed by atoms with Crippen LogP contribution in [0.25, 0.3) is 0 Å². The molecule has 1 saturated carbocycles. The van der Waals surface area contributed by atoms with E-state index in [-0.39, 0.29) is 11.8 Å². The molecule has 29 heavy (non-hydrogen) atoms. The molecule has 0 unspecified atom stereocenters. The third-order valence-electron chi connectivity index (χ3n) is 6.07. The molecular formula is C24H20Cl2O3. The van der Waals surface area contributed by atoms with Gasteiger partial charge in [0.2, 0.25) is 0 Å². The lowest BCUT2D eigenvalue weighted by atomic mass is 9.82. The Morgan fingerprint density at radius 2 is 1.52 bits per heavy atom. The normalized spacial score (nSPS) is 25.9. The lowest BCUT2D eigenvalue weighted by Gasteiger charge is -2.32. The molecule has 1 fully saturated rings. The Kier molecular flexibility index (Phi) is 4.23. The van der Waals surface area contributed by atoms with Gasteiger partial charge in [-0.15, -0.1) is 0 Å². The standard InChI is InChI=1S/C24H20Cl2O3/c1-27-19-13-12-16(14-20(19)28-2)23-22(24(23,25)26)21(15-8-4-3-5-9-15)17-10-6-7-11-18(17)29-23/h3-14,21-22H,1-2H3/t21-,22+,23-/m1/s1. The van der Waals surface area contributed by atoms with E-state index < -0.39 is 9.93 Å². The van der Waals surface area contributed by atoms with Crippen LogP contribution in [0.15, 0.2) is 72.8 Å². The number of fused-ring (bicyclic) bond motifs is 2. The molecule has 0 bridgehead atoms.